The van der Waals surface area contributed by atoms with Gasteiger partial charge < -0.3 is 15.4 Å². The molecule has 5 heteroatoms. The van der Waals surface area contributed by atoms with Crippen LogP contribution in [0.4, 0.5) is 5.69 Å². The highest BCUT2D eigenvalue weighted by Crippen LogP contribution is 2.19. The van der Waals surface area contributed by atoms with Crippen LogP contribution < -0.4 is 15.4 Å². The predicted molar refractivity (Wildman–Crippen MR) is 90.0 cm³/mol. The summed E-state index contributed by atoms with van der Waals surface area (Å²) in [4.78, 5) is 24.3. The van der Waals surface area contributed by atoms with E-state index in [0.29, 0.717) is 29.1 Å². The minimum Gasteiger partial charge on any atom is -0.496 e. The number of methoxy groups -OCH3 is 1. The number of carbonyl (C=O) groups is 2. The van der Waals surface area contributed by atoms with E-state index in [0.717, 1.165) is 6.42 Å². The van der Waals surface area contributed by atoms with Crippen molar-refractivity contribution in [2.75, 3.05) is 19.0 Å². The summed E-state index contributed by atoms with van der Waals surface area (Å²) in [7, 11) is 1.52. The summed E-state index contributed by atoms with van der Waals surface area (Å²) >= 11 is 0. The molecule has 0 radical (unpaired) electrons. The largest absolute Gasteiger partial charge is 0.496 e. The molecule has 0 aliphatic carbocycles. The fourth-order valence-corrected chi connectivity index (χ4v) is 2.11. The molecule has 2 amide bonds. The lowest BCUT2D eigenvalue weighted by atomic mass is 10.1. The maximum Gasteiger partial charge on any atom is 0.259 e. The van der Waals surface area contributed by atoms with Crippen LogP contribution in [-0.4, -0.2) is 25.5 Å². The Kier molecular flexibility index (Phi) is 5.74. The van der Waals surface area contributed by atoms with Gasteiger partial charge in [0.15, 0.2) is 0 Å². The zero-order valence-corrected chi connectivity index (χ0v) is 13.3. The molecule has 120 valence electrons. The van der Waals surface area contributed by atoms with Gasteiger partial charge in [0.05, 0.1) is 12.7 Å². The van der Waals surface area contributed by atoms with Crippen molar-refractivity contribution in [3.63, 3.8) is 0 Å². The Balaban J connectivity index is 2.14. The Bertz CT molecular complexity index is 698. The van der Waals surface area contributed by atoms with E-state index in [9.17, 15) is 9.59 Å². The number of para-hydroxylation sites is 1. The third kappa shape index (κ3) is 4.32. The van der Waals surface area contributed by atoms with E-state index in [1.807, 2.05) is 6.92 Å². The number of hydrogen-bond acceptors (Lipinski definition) is 3. The molecule has 2 rings (SSSR count). The standard InChI is InChI=1S/C18H20N2O3/c1-3-11-19-17(21)13-7-6-8-14(12-13)20-18(22)15-9-4-5-10-16(15)23-2/h4-10,12H,3,11H2,1-2H3,(H,19,21)(H,20,22). The summed E-state index contributed by atoms with van der Waals surface area (Å²) < 4.78 is 5.19. The van der Waals surface area contributed by atoms with Gasteiger partial charge in [-0.25, -0.2) is 0 Å². The number of nitrogens with one attached hydrogen (secondary N) is 2. The first-order valence-corrected chi connectivity index (χ1v) is 7.48. The van der Waals surface area contributed by atoms with Gasteiger partial charge >= 0.3 is 0 Å². The zero-order valence-electron chi connectivity index (χ0n) is 13.3. The van der Waals surface area contributed by atoms with Crippen LogP contribution in [0.3, 0.4) is 0 Å². The summed E-state index contributed by atoms with van der Waals surface area (Å²) in [5.74, 6) is 0.0654. The average molecular weight is 312 g/mol. The molecule has 0 saturated carbocycles. The van der Waals surface area contributed by atoms with Gasteiger partial charge in [0.25, 0.3) is 11.8 Å². The lowest BCUT2D eigenvalue weighted by molar-refractivity contribution is 0.0952. The van der Waals surface area contributed by atoms with Crippen LogP contribution in [0.15, 0.2) is 48.5 Å². The van der Waals surface area contributed by atoms with Gasteiger partial charge in [-0.15, -0.1) is 0 Å². The van der Waals surface area contributed by atoms with Gasteiger partial charge in [0.1, 0.15) is 5.75 Å². The van der Waals surface area contributed by atoms with E-state index in [2.05, 4.69) is 10.6 Å². The Morgan fingerprint density at radius 1 is 1.04 bits per heavy atom. The first kappa shape index (κ1) is 16.5. The van der Waals surface area contributed by atoms with Crippen molar-refractivity contribution in [2.45, 2.75) is 13.3 Å². The van der Waals surface area contributed by atoms with Crippen molar-refractivity contribution in [3.8, 4) is 5.75 Å². The molecule has 0 saturated heterocycles. The van der Waals surface area contributed by atoms with Gasteiger partial charge in [0, 0.05) is 17.8 Å². The molecule has 0 spiro atoms. The van der Waals surface area contributed by atoms with Crippen molar-refractivity contribution in [3.05, 3.63) is 59.7 Å². The van der Waals surface area contributed by atoms with Crippen LogP contribution in [0.1, 0.15) is 34.1 Å². The minimum absolute atomic E-state index is 0.153. The van der Waals surface area contributed by atoms with E-state index in [4.69, 9.17) is 4.74 Å². The number of carbonyl (C=O) groups excluding carboxylic acids is 2. The number of amides is 2. The van der Waals surface area contributed by atoms with Crippen LogP contribution in [0.5, 0.6) is 5.75 Å². The van der Waals surface area contributed by atoms with Crippen molar-refractivity contribution in [1.29, 1.82) is 0 Å². The average Bonchev–Trinajstić information content (AvgIpc) is 2.59. The molecular weight excluding hydrogens is 292 g/mol. The van der Waals surface area contributed by atoms with Crippen LogP contribution in [-0.2, 0) is 0 Å². The highest BCUT2D eigenvalue weighted by molar-refractivity contribution is 6.06. The summed E-state index contributed by atoms with van der Waals surface area (Å²) in [6.07, 6.45) is 0.871. The van der Waals surface area contributed by atoms with E-state index in [1.165, 1.54) is 7.11 Å². The molecule has 0 unspecified atom stereocenters. The Morgan fingerprint density at radius 2 is 1.83 bits per heavy atom. The third-order valence-electron chi connectivity index (χ3n) is 3.27. The number of ether oxygens (including phenoxy) is 1. The fraction of sp³-hybridized carbons (Fsp3) is 0.222. The first-order chi connectivity index (χ1) is 11.2. The Labute approximate surface area is 135 Å². The maximum atomic E-state index is 12.4. The Morgan fingerprint density at radius 3 is 2.57 bits per heavy atom. The summed E-state index contributed by atoms with van der Waals surface area (Å²) in [6, 6.07) is 13.8. The number of benzene rings is 2. The molecule has 2 N–H and O–H groups in total. The number of rotatable bonds is 6. The summed E-state index contributed by atoms with van der Waals surface area (Å²) in [6.45, 7) is 2.61. The molecule has 2 aromatic carbocycles. The lowest BCUT2D eigenvalue weighted by Gasteiger charge is -2.10. The summed E-state index contributed by atoms with van der Waals surface area (Å²) in [5.41, 5.74) is 1.51. The SMILES string of the molecule is CCCNC(=O)c1cccc(NC(=O)c2ccccc2OC)c1. The highest BCUT2D eigenvalue weighted by atomic mass is 16.5. The van der Waals surface area contributed by atoms with Gasteiger partial charge in [-0.2, -0.15) is 0 Å². The van der Waals surface area contributed by atoms with Crippen LogP contribution in [0, 0.1) is 0 Å². The number of anilines is 1. The van der Waals surface area contributed by atoms with Crippen LogP contribution in [0.2, 0.25) is 0 Å². The molecule has 0 heterocycles. The topological polar surface area (TPSA) is 67.4 Å². The van der Waals surface area contributed by atoms with Crippen LogP contribution in [0.25, 0.3) is 0 Å². The molecular formula is C18H20N2O3. The highest BCUT2D eigenvalue weighted by Gasteiger charge is 2.12. The second-order valence-electron chi connectivity index (χ2n) is 4.99. The smallest absolute Gasteiger partial charge is 0.259 e. The molecule has 0 atom stereocenters. The fourth-order valence-electron chi connectivity index (χ4n) is 2.11. The van der Waals surface area contributed by atoms with Crippen molar-refractivity contribution in [2.24, 2.45) is 0 Å². The van der Waals surface area contributed by atoms with Crippen molar-refractivity contribution < 1.29 is 14.3 Å². The number of hydrogen-bond donors (Lipinski definition) is 2. The zero-order chi connectivity index (χ0) is 16.7. The monoisotopic (exact) mass is 312 g/mol. The van der Waals surface area contributed by atoms with E-state index in [-0.39, 0.29) is 11.8 Å². The molecule has 0 aromatic heterocycles. The third-order valence-corrected chi connectivity index (χ3v) is 3.27. The lowest BCUT2D eigenvalue weighted by Crippen LogP contribution is -2.24. The summed E-state index contributed by atoms with van der Waals surface area (Å²) in [5, 5.41) is 5.59. The second-order valence-corrected chi connectivity index (χ2v) is 4.99. The molecule has 23 heavy (non-hydrogen) atoms. The Hall–Kier alpha value is -2.82. The maximum absolute atomic E-state index is 12.4. The second kappa shape index (κ2) is 7.98. The first-order valence-electron chi connectivity index (χ1n) is 7.48. The molecule has 0 aliphatic rings. The molecule has 0 aliphatic heterocycles. The molecule has 0 bridgehead atoms. The van der Waals surface area contributed by atoms with Gasteiger partial charge in [-0.05, 0) is 36.8 Å². The molecule has 0 fully saturated rings. The minimum atomic E-state index is -0.284. The van der Waals surface area contributed by atoms with E-state index >= 15 is 0 Å². The molecule has 2 aromatic rings. The quantitative estimate of drug-likeness (QED) is 0.861. The van der Waals surface area contributed by atoms with Crippen molar-refractivity contribution in [1.82, 2.24) is 5.32 Å². The van der Waals surface area contributed by atoms with E-state index < -0.39 is 0 Å². The van der Waals surface area contributed by atoms with Gasteiger partial charge in [-0.1, -0.05) is 25.1 Å². The van der Waals surface area contributed by atoms with Gasteiger partial charge in [0.2, 0.25) is 0 Å². The van der Waals surface area contributed by atoms with Gasteiger partial charge in [-0.3, -0.25) is 9.59 Å². The normalized spacial score (nSPS) is 10.0. The molecule has 5 nitrogen and oxygen atoms in total. The van der Waals surface area contributed by atoms with Crippen LogP contribution >= 0.6 is 0 Å². The van der Waals surface area contributed by atoms with Crippen molar-refractivity contribution >= 4 is 17.5 Å². The van der Waals surface area contributed by atoms with E-state index in [1.54, 1.807) is 48.5 Å². The predicted octanol–water partition coefficient (Wildman–Crippen LogP) is 3.09.